The number of rotatable bonds is 3. The van der Waals surface area contributed by atoms with Crippen LogP contribution in [0.3, 0.4) is 0 Å². The lowest BCUT2D eigenvalue weighted by molar-refractivity contribution is -0.152. The Hall–Kier alpha value is -3.14. The molecule has 0 aliphatic heterocycles. The summed E-state index contributed by atoms with van der Waals surface area (Å²) in [7, 11) is 0. The summed E-state index contributed by atoms with van der Waals surface area (Å²) in [4.78, 5) is 25.2. The number of esters is 1. The summed E-state index contributed by atoms with van der Waals surface area (Å²) in [5, 5.41) is 13.5. The highest BCUT2D eigenvalue weighted by Crippen LogP contribution is 2.52. The van der Waals surface area contributed by atoms with Gasteiger partial charge in [-0.05, 0) is 55.0 Å². The molecule has 4 atom stereocenters. The Bertz CT molecular complexity index is 1210. The topological polar surface area (TPSA) is 63.6 Å². The van der Waals surface area contributed by atoms with Crippen molar-refractivity contribution in [1.29, 1.82) is 0 Å². The van der Waals surface area contributed by atoms with Crippen molar-refractivity contribution >= 4 is 33.5 Å². The van der Waals surface area contributed by atoms with Crippen LogP contribution in [0.15, 0.2) is 60.2 Å². The SMILES string of the molecule is CC1=CC2CC1C(C(=O)O)C2C(=O)Oc1c2ccccc2cc2ccc(C)cc12. The third kappa shape index (κ3) is 2.74. The number of carboxylic acids is 1. The van der Waals surface area contributed by atoms with Crippen molar-refractivity contribution in [2.75, 3.05) is 0 Å². The number of aliphatic carboxylic acids is 1. The van der Waals surface area contributed by atoms with E-state index in [1.54, 1.807) is 0 Å². The lowest BCUT2D eigenvalue weighted by atomic mass is 9.80. The average Bonchev–Trinajstić information content (AvgIpc) is 3.25. The molecular weight excluding hydrogens is 364 g/mol. The minimum absolute atomic E-state index is 0.0587. The zero-order valence-electron chi connectivity index (χ0n) is 16.4. The number of allylic oxidation sites excluding steroid dienone is 2. The molecule has 2 aliphatic carbocycles. The third-order valence-corrected chi connectivity index (χ3v) is 6.60. The largest absolute Gasteiger partial charge is 0.481 e. The standard InChI is InChI=1S/C25H22O4/c1-13-7-8-16-11-15-5-3-4-6-18(15)23(20(16)9-13)29-25(28)21-17-10-14(2)19(12-17)22(21)24(26)27/h3-11,17,19,21-22H,12H2,1-2H3,(H,26,27). The fourth-order valence-electron chi connectivity index (χ4n) is 5.27. The maximum Gasteiger partial charge on any atom is 0.315 e. The van der Waals surface area contributed by atoms with Crippen LogP contribution in [0.4, 0.5) is 0 Å². The Balaban J connectivity index is 1.62. The van der Waals surface area contributed by atoms with Crippen LogP contribution < -0.4 is 4.74 Å². The maximum atomic E-state index is 13.3. The van der Waals surface area contributed by atoms with Crippen LogP contribution in [0.5, 0.6) is 5.75 Å². The van der Waals surface area contributed by atoms with Crippen LogP contribution in [-0.2, 0) is 9.59 Å². The number of benzene rings is 3. The van der Waals surface area contributed by atoms with Crippen molar-refractivity contribution in [3.05, 3.63) is 65.7 Å². The Morgan fingerprint density at radius 2 is 1.72 bits per heavy atom. The third-order valence-electron chi connectivity index (χ3n) is 6.60. The molecule has 3 aromatic rings. The van der Waals surface area contributed by atoms with Crippen LogP contribution >= 0.6 is 0 Å². The molecule has 0 saturated heterocycles. The normalized spacial score (nSPS) is 25.4. The number of carbonyl (C=O) groups is 2. The van der Waals surface area contributed by atoms with Gasteiger partial charge >= 0.3 is 11.9 Å². The first-order valence-electron chi connectivity index (χ1n) is 9.99. The number of hydrogen-bond donors (Lipinski definition) is 1. The van der Waals surface area contributed by atoms with Crippen molar-refractivity contribution in [2.45, 2.75) is 20.3 Å². The van der Waals surface area contributed by atoms with Gasteiger partial charge in [-0.3, -0.25) is 9.59 Å². The summed E-state index contributed by atoms with van der Waals surface area (Å²) >= 11 is 0. The second kappa shape index (κ2) is 6.45. The summed E-state index contributed by atoms with van der Waals surface area (Å²) in [5.74, 6) is -2.30. The number of carbonyl (C=O) groups excluding carboxylic acids is 1. The van der Waals surface area contributed by atoms with Gasteiger partial charge in [-0.15, -0.1) is 0 Å². The summed E-state index contributed by atoms with van der Waals surface area (Å²) < 4.78 is 6.02. The van der Waals surface area contributed by atoms with Crippen molar-refractivity contribution in [1.82, 2.24) is 0 Å². The predicted molar refractivity (Wildman–Crippen MR) is 112 cm³/mol. The summed E-state index contributed by atoms with van der Waals surface area (Å²) in [6.07, 6.45) is 2.78. The first-order chi connectivity index (χ1) is 13.9. The van der Waals surface area contributed by atoms with Crippen molar-refractivity contribution in [2.24, 2.45) is 23.7 Å². The molecule has 4 nitrogen and oxygen atoms in total. The van der Waals surface area contributed by atoms with Crippen molar-refractivity contribution < 1.29 is 19.4 Å². The molecule has 2 aliphatic rings. The predicted octanol–water partition coefficient (Wildman–Crippen LogP) is 5.12. The van der Waals surface area contributed by atoms with Crippen LogP contribution in [0.2, 0.25) is 0 Å². The van der Waals surface area contributed by atoms with Crippen molar-refractivity contribution in [3.63, 3.8) is 0 Å². The van der Waals surface area contributed by atoms with Crippen LogP contribution in [0.25, 0.3) is 21.5 Å². The van der Waals surface area contributed by atoms with E-state index in [9.17, 15) is 14.7 Å². The fraction of sp³-hybridized carbons (Fsp3) is 0.280. The zero-order chi connectivity index (χ0) is 20.3. The van der Waals surface area contributed by atoms with E-state index in [-0.39, 0.29) is 11.8 Å². The molecule has 4 unspecified atom stereocenters. The van der Waals surface area contributed by atoms with Gasteiger partial charge in [0.05, 0.1) is 11.8 Å². The smallest absolute Gasteiger partial charge is 0.315 e. The number of fused-ring (bicyclic) bond motifs is 4. The van der Waals surface area contributed by atoms with E-state index >= 15 is 0 Å². The van der Waals surface area contributed by atoms with Gasteiger partial charge in [-0.1, -0.05) is 53.6 Å². The van der Waals surface area contributed by atoms with E-state index in [1.165, 1.54) is 0 Å². The first-order valence-corrected chi connectivity index (χ1v) is 9.99. The summed E-state index contributed by atoms with van der Waals surface area (Å²) in [6, 6.07) is 16.0. The van der Waals surface area contributed by atoms with Gasteiger partial charge in [-0.25, -0.2) is 0 Å². The lowest BCUT2D eigenvalue weighted by Crippen LogP contribution is -2.36. The average molecular weight is 386 g/mol. The molecule has 0 radical (unpaired) electrons. The molecule has 5 rings (SSSR count). The van der Waals surface area contributed by atoms with E-state index in [0.717, 1.165) is 39.1 Å². The molecule has 1 N–H and O–H groups in total. The van der Waals surface area contributed by atoms with Crippen molar-refractivity contribution in [3.8, 4) is 5.75 Å². The van der Waals surface area contributed by atoms with Crippen LogP contribution in [0, 0.1) is 30.6 Å². The molecule has 4 heteroatoms. The van der Waals surface area contributed by atoms with E-state index in [0.29, 0.717) is 5.75 Å². The molecular formula is C25H22O4. The van der Waals surface area contributed by atoms with E-state index in [2.05, 4.69) is 12.1 Å². The second-order valence-electron chi connectivity index (χ2n) is 8.38. The summed E-state index contributed by atoms with van der Waals surface area (Å²) in [5.41, 5.74) is 2.16. The Labute approximate surface area is 168 Å². The Morgan fingerprint density at radius 3 is 2.52 bits per heavy atom. The Morgan fingerprint density at radius 1 is 0.966 bits per heavy atom. The van der Waals surface area contributed by atoms with Gasteiger partial charge in [0.25, 0.3) is 0 Å². The lowest BCUT2D eigenvalue weighted by Gasteiger charge is -2.26. The molecule has 0 spiro atoms. The fourth-order valence-corrected chi connectivity index (χ4v) is 5.27. The minimum atomic E-state index is -0.912. The molecule has 29 heavy (non-hydrogen) atoms. The van der Waals surface area contributed by atoms with Gasteiger partial charge < -0.3 is 9.84 Å². The van der Waals surface area contributed by atoms with E-state index in [1.807, 2.05) is 56.3 Å². The molecule has 0 amide bonds. The molecule has 2 bridgehead atoms. The highest BCUT2D eigenvalue weighted by molar-refractivity contribution is 6.07. The van der Waals surface area contributed by atoms with E-state index in [4.69, 9.17) is 4.74 Å². The zero-order valence-corrected chi connectivity index (χ0v) is 16.4. The van der Waals surface area contributed by atoms with Crippen LogP contribution in [-0.4, -0.2) is 17.0 Å². The molecule has 0 aromatic heterocycles. The maximum absolute atomic E-state index is 13.3. The molecule has 146 valence electrons. The van der Waals surface area contributed by atoms with E-state index < -0.39 is 23.8 Å². The number of carboxylic acid groups (broad SMARTS) is 1. The van der Waals surface area contributed by atoms with Gasteiger partial charge in [0.15, 0.2) is 0 Å². The van der Waals surface area contributed by atoms with Gasteiger partial charge in [0.1, 0.15) is 5.75 Å². The minimum Gasteiger partial charge on any atom is -0.481 e. The highest BCUT2D eigenvalue weighted by atomic mass is 16.5. The highest BCUT2D eigenvalue weighted by Gasteiger charge is 2.54. The quantitative estimate of drug-likeness (QED) is 0.294. The number of aryl methyl sites for hydroxylation is 1. The van der Waals surface area contributed by atoms with Gasteiger partial charge in [-0.2, -0.15) is 0 Å². The van der Waals surface area contributed by atoms with Gasteiger partial charge in [0, 0.05) is 10.8 Å². The molecule has 1 saturated carbocycles. The molecule has 1 fully saturated rings. The van der Waals surface area contributed by atoms with Crippen LogP contribution in [0.1, 0.15) is 18.9 Å². The number of hydrogen-bond acceptors (Lipinski definition) is 3. The molecule has 3 aromatic carbocycles. The Kier molecular flexibility index (Phi) is 3.98. The molecule has 0 heterocycles. The first kappa shape index (κ1) is 17.9. The summed E-state index contributed by atoms with van der Waals surface area (Å²) in [6.45, 7) is 3.97. The monoisotopic (exact) mass is 386 g/mol. The second-order valence-corrected chi connectivity index (χ2v) is 8.38. The number of ether oxygens (including phenoxy) is 1. The van der Waals surface area contributed by atoms with Gasteiger partial charge in [0.2, 0.25) is 0 Å².